The van der Waals surface area contributed by atoms with Crippen molar-refractivity contribution in [1.29, 1.82) is 0 Å². The van der Waals surface area contributed by atoms with E-state index >= 15 is 0 Å². The van der Waals surface area contributed by atoms with Crippen molar-refractivity contribution in [2.75, 3.05) is 12.4 Å². The number of methoxy groups -OCH3 is 1. The molecule has 126 valence electrons. The van der Waals surface area contributed by atoms with Crippen LogP contribution >= 0.6 is 0 Å². The van der Waals surface area contributed by atoms with Gasteiger partial charge in [-0.25, -0.2) is 0 Å². The van der Waals surface area contributed by atoms with Gasteiger partial charge in [-0.05, 0) is 47.7 Å². The summed E-state index contributed by atoms with van der Waals surface area (Å²) in [6.45, 7) is 2.43. The summed E-state index contributed by atoms with van der Waals surface area (Å²) in [7, 11) is 1.64. The fraction of sp³-hybridized carbons (Fsp3) is 0.167. The number of fused-ring (bicyclic) bond motifs is 1. The number of aromatic nitrogens is 4. The number of ether oxygens (including phenoxy) is 1. The van der Waals surface area contributed by atoms with E-state index in [4.69, 9.17) is 9.15 Å². The first kappa shape index (κ1) is 15.2. The van der Waals surface area contributed by atoms with Gasteiger partial charge in [0.25, 0.3) is 0 Å². The molecule has 1 N–H and O–H groups in total. The van der Waals surface area contributed by atoms with Crippen molar-refractivity contribution < 1.29 is 9.15 Å². The minimum atomic E-state index is 0.565. The van der Waals surface area contributed by atoms with Crippen molar-refractivity contribution in [1.82, 2.24) is 20.2 Å². The molecule has 2 heterocycles. The average Bonchev–Trinajstić information content (AvgIpc) is 3.25. The monoisotopic (exact) mass is 335 g/mol. The first-order valence-electron chi connectivity index (χ1n) is 7.89. The molecule has 0 unspecified atom stereocenters. The standard InChI is InChI=1S/C18H17N5O2/c1-12-20-21-22-23(12)15-7-4-6-14(10-15)19-11-16-9-13-5-3-8-17(24-2)18(13)25-16/h3-10,19H,11H2,1-2H3. The molecule has 4 rings (SSSR count). The van der Waals surface area contributed by atoms with Crippen LogP contribution in [-0.4, -0.2) is 27.3 Å². The van der Waals surface area contributed by atoms with Crippen LogP contribution in [0, 0.1) is 6.92 Å². The molecule has 25 heavy (non-hydrogen) atoms. The van der Waals surface area contributed by atoms with E-state index in [0.717, 1.165) is 39.7 Å². The third-order valence-electron chi connectivity index (χ3n) is 3.96. The van der Waals surface area contributed by atoms with Gasteiger partial charge in [-0.3, -0.25) is 0 Å². The maximum atomic E-state index is 5.91. The predicted molar refractivity (Wildman–Crippen MR) is 94.0 cm³/mol. The SMILES string of the molecule is COc1cccc2cc(CNc3cccc(-n4nnnc4C)c3)oc12. The van der Waals surface area contributed by atoms with Crippen molar-refractivity contribution in [2.45, 2.75) is 13.5 Å². The van der Waals surface area contributed by atoms with Gasteiger partial charge in [0.15, 0.2) is 17.2 Å². The lowest BCUT2D eigenvalue weighted by molar-refractivity contribution is 0.408. The largest absolute Gasteiger partial charge is 0.493 e. The second-order valence-corrected chi connectivity index (χ2v) is 5.63. The third kappa shape index (κ3) is 2.91. The lowest BCUT2D eigenvalue weighted by Gasteiger charge is -2.07. The van der Waals surface area contributed by atoms with Gasteiger partial charge in [-0.15, -0.1) is 5.10 Å². The average molecular weight is 335 g/mol. The number of furan rings is 1. The van der Waals surface area contributed by atoms with E-state index in [-0.39, 0.29) is 0 Å². The van der Waals surface area contributed by atoms with Crippen LogP contribution in [0.15, 0.2) is 52.9 Å². The number of nitrogens with one attached hydrogen (secondary N) is 1. The maximum absolute atomic E-state index is 5.91. The van der Waals surface area contributed by atoms with Crippen molar-refractivity contribution >= 4 is 16.7 Å². The van der Waals surface area contributed by atoms with Gasteiger partial charge < -0.3 is 14.5 Å². The highest BCUT2D eigenvalue weighted by atomic mass is 16.5. The molecule has 0 saturated heterocycles. The Morgan fingerprint density at radius 3 is 2.84 bits per heavy atom. The number of anilines is 1. The van der Waals surface area contributed by atoms with E-state index < -0.39 is 0 Å². The Morgan fingerprint density at radius 2 is 2.04 bits per heavy atom. The van der Waals surface area contributed by atoms with Crippen LogP contribution in [0.25, 0.3) is 16.7 Å². The number of aryl methyl sites for hydroxylation is 1. The summed E-state index contributed by atoms with van der Waals surface area (Å²) in [6, 6.07) is 15.8. The number of nitrogens with zero attached hydrogens (tertiary/aromatic N) is 4. The number of tetrazole rings is 1. The summed E-state index contributed by atoms with van der Waals surface area (Å²) < 4.78 is 12.9. The van der Waals surface area contributed by atoms with E-state index in [1.807, 2.05) is 55.5 Å². The van der Waals surface area contributed by atoms with Gasteiger partial charge in [-0.1, -0.05) is 18.2 Å². The zero-order chi connectivity index (χ0) is 17.2. The van der Waals surface area contributed by atoms with Gasteiger partial charge in [0, 0.05) is 11.1 Å². The number of para-hydroxylation sites is 1. The van der Waals surface area contributed by atoms with Gasteiger partial charge in [-0.2, -0.15) is 4.68 Å². The molecule has 7 heteroatoms. The molecule has 0 radical (unpaired) electrons. The van der Waals surface area contributed by atoms with Crippen molar-refractivity contribution in [3.05, 3.63) is 60.1 Å². The number of hydrogen-bond donors (Lipinski definition) is 1. The minimum absolute atomic E-state index is 0.565. The first-order valence-corrected chi connectivity index (χ1v) is 7.89. The van der Waals surface area contributed by atoms with Gasteiger partial charge in [0.2, 0.25) is 0 Å². The Labute approximate surface area is 144 Å². The zero-order valence-electron chi connectivity index (χ0n) is 13.9. The van der Waals surface area contributed by atoms with Gasteiger partial charge in [0.05, 0.1) is 19.3 Å². The molecule has 2 aromatic carbocycles. The summed E-state index contributed by atoms with van der Waals surface area (Å²) >= 11 is 0. The molecule has 7 nitrogen and oxygen atoms in total. The molecular weight excluding hydrogens is 318 g/mol. The molecule has 0 aliphatic carbocycles. The van der Waals surface area contributed by atoms with Crippen LogP contribution in [0.1, 0.15) is 11.6 Å². The molecular formula is C18H17N5O2. The third-order valence-corrected chi connectivity index (χ3v) is 3.96. The molecule has 2 aromatic heterocycles. The van der Waals surface area contributed by atoms with Crippen LogP contribution in [0.2, 0.25) is 0 Å². The summed E-state index contributed by atoms with van der Waals surface area (Å²) in [5.41, 5.74) is 2.62. The molecule has 0 aliphatic heterocycles. The van der Waals surface area contributed by atoms with Crippen LogP contribution in [0.4, 0.5) is 5.69 Å². The number of benzene rings is 2. The number of hydrogen-bond acceptors (Lipinski definition) is 6. The van der Waals surface area contributed by atoms with Crippen molar-refractivity contribution in [3.8, 4) is 11.4 Å². The normalized spacial score (nSPS) is 11.0. The van der Waals surface area contributed by atoms with Gasteiger partial charge >= 0.3 is 0 Å². The lowest BCUT2D eigenvalue weighted by atomic mass is 10.2. The summed E-state index contributed by atoms with van der Waals surface area (Å²) in [5, 5.41) is 16.0. The highest BCUT2D eigenvalue weighted by Gasteiger charge is 2.09. The Balaban J connectivity index is 1.55. The van der Waals surface area contributed by atoms with Crippen LogP contribution in [0.5, 0.6) is 5.75 Å². The number of rotatable bonds is 5. The van der Waals surface area contributed by atoms with E-state index in [1.54, 1.807) is 11.8 Å². The van der Waals surface area contributed by atoms with Crippen LogP contribution in [-0.2, 0) is 6.54 Å². The Morgan fingerprint density at radius 1 is 1.16 bits per heavy atom. The highest BCUT2D eigenvalue weighted by Crippen LogP contribution is 2.28. The second-order valence-electron chi connectivity index (χ2n) is 5.63. The minimum Gasteiger partial charge on any atom is -0.493 e. The zero-order valence-corrected chi connectivity index (χ0v) is 13.9. The molecule has 0 bridgehead atoms. The Bertz CT molecular complexity index is 1020. The smallest absolute Gasteiger partial charge is 0.176 e. The summed E-state index contributed by atoms with van der Waals surface area (Å²) in [4.78, 5) is 0. The van der Waals surface area contributed by atoms with E-state index in [2.05, 4.69) is 20.8 Å². The fourth-order valence-electron chi connectivity index (χ4n) is 2.74. The predicted octanol–water partition coefficient (Wildman–Crippen LogP) is 3.34. The fourth-order valence-corrected chi connectivity index (χ4v) is 2.74. The van der Waals surface area contributed by atoms with E-state index in [0.29, 0.717) is 6.54 Å². The molecule has 0 amide bonds. The van der Waals surface area contributed by atoms with E-state index in [1.165, 1.54) is 0 Å². The highest BCUT2D eigenvalue weighted by molar-refractivity contribution is 5.83. The lowest BCUT2D eigenvalue weighted by Crippen LogP contribution is -2.02. The molecule has 0 saturated carbocycles. The topological polar surface area (TPSA) is 78.0 Å². The van der Waals surface area contributed by atoms with Crippen LogP contribution in [0.3, 0.4) is 0 Å². The van der Waals surface area contributed by atoms with Crippen LogP contribution < -0.4 is 10.1 Å². The molecule has 0 atom stereocenters. The molecule has 0 aliphatic rings. The summed E-state index contributed by atoms with van der Waals surface area (Å²) in [6.07, 6.45) is 0. The molecule has 4 aromatic rings. The van der Waals surface area contributed by atoms with E-state index in [9.17, 15) is 0 Å². The Hall–Kier alpha value is -3.35. The second kappa shape index (κ2) is 6.27. The van der Waals surface area contributed by atoms with Crippen molar-refractivity contribution in [2.24, 2.45) is 0 Å². The summed E-state index contributed by atoms with van der Waals surface area (Å²) in [5.74, 6) is 2.31. The first-order chi connectivity index (χ1) is 12.2. The quantitative estimate of drug-likeness (QED) is 0.603. The maximum Gasteiger partial charge on any atom is 0.176 e. The Kier molecular flexibility index (Phi) is 3.81. The van der Waals surface area contributed by atoms with Gasteiger partial charge in [0.1, 0.15) is 5.76 Å². The van der Waals surface area contributed by atoms with Crippen molar-refractivity contribution in [3.63, 3.8) is 0 Å². The molecule has 0 spiro atoms. The molecule has 0 fully saturated rings.